The average Bonchev–Trinajstić information content (AvgIpc) is 2.45. The Balaban J connectivity index is 3.44. The van der Waals surface area contributed by atoms with Gasteiger partial charge in [0.05, 0.1) is 6.10 Å². The normalized spacial score (nSPS) is 12.1. The van der Waals surface area contributed by atoms with E-state index < -0.39 is 12.1 Å². The van der Waals surface area contributed by atoms with Crippen molar-refractivity contribution in [1.82, 2.24) is 0 Å². The first-order valence-electron chi connectivity index (χ1n) is 8.21. The number of unbranched alkanes of at least 4 members (excludes halogenated alkanes) is 7. The van der Waals surface area contributed by atoms with Crippen molar-refractivity contribution in [3.05, 3.63) is 12.2 Å². The maximum atomic E-state index is 10.3. The summed E-state index contributed by atoms with van der Waals surface area (Å²) in [5, 5.41) is 18.2. The highest BCUT2D eigenvalue weighted by molar-refractivity contribution is 5.66. The fourth-order valence-corrected chi connectivity index (χ4v) is 2.01. The van der Waals surface area contributed by atoms with Crippen LogP contribution >= 0.6 is 0 Å². The molecule has 0 aliphatic carbocycles. The van der Waals surface area contributed by atoms with Gasteiger partial charge in [-0.15, -0.1) is 0 Å². The molecule has 0 fully saturated rings. The molecule has 0 rings (SSSR count). The van der Waals surface area contributed by atoms with Crippen molar-refractivity contribution in [2.75, 3.05) is 0 Å². The predicted molar refractivity (Wildman–Crippen MR) is 87.0 cm³/mol. The molecule has 3 nitrogen and oxygen atoms in total. The van der Waals surface area contributed by atoms with Crippen LogP contribution in [-0.4, -0.2) is 22.3 Å². The van der Waals surface area contributed by atoms with Crippen molar-refractivity contribution >= 4 is 5.97 Å². The fourth-order valence-electron chi connectivity index (χ4n) is 2.01. The summed E-state index contributed by atoms with van der Waals surface area (Å²) in [4.78, 5) is 10.3. The minimum Gasteiger partial charge on any atom is -0.481 e. The van der Waals surface area contributed by atoms with Crippen molar-refractivity contribution in [2.45, 2.75) is 83.7 Å². The molecule has 0 bridgehead atoms. The standard InChI is InChI=1S/C18H30O3/c1-2-3-4-5-6-8-11-14-17(19)15-12-9-7-10-13-16-18(20)21/h11,14,17,19H,2-5,7,9-10,12-13,15-16H2,1H3,(H,20,21)/b14-11+/t17-/m1/s1. The smallest absolute Gasteiger partial charge is 0.303 e. The zero-order chi connectivity index (χ0) is 15.8. The summed E-state index contributed by atoms with van der Waals surface area (Å²) in [6, 6.07) is 0. The summed E-state index contributed by atoms with van der Waals surface area (Å²) < 4.78 is 0. The molecule has 2 N–H and O–H groups in total. The van der Waals surface area contributed by atoms with Gasteiger partial charge in [0.2, 0.25) is 0 Å². The Morgan fingerprint density at radius 2 is 1.81 bits per heavy atom. The SMILES string of the molecule is CCCCCC#C/C=C/[C@@H](O)CCCCCCCC(=O)O. The molecule has 0 aliphatic rings. The molecule has 0 aromatic carbocycles. The molecule has 0 amide bonds. The second kappa shape index (κ2) is 15.1. The summed E-state index contributed by atoms with van der Waals surface area (Å²) >= 11 is 0. The Labute approximate surface area is 129 Å². The second-order valence-electron chi connectivity index (χ2n) is 5.40. The van der Waals surface area contributed by atoms with Gasteiger partial charge in [-0.25, -0.2) is 0 Å². The van der Waals surface area contributed by atoms with Gasteiger partial charge in [0.25, 0.3) is 0 Å². The lowest BCUT2D eigenvalue weighted by Gasteiger charge is -2.04. The van der Waals surface area contributed by atoms with E-state index in [0.717, 1.165) is 51.4 Å². The minimum atomic E-state index is -0.716. The fraction of sp³-hybridized carbons (Fsp3) is 0.722. The van der Waals surface area contributed by atoms with Crippen LogP contribution in [0.1, 0.15) is 77.6 Å². The molecule has 21 heavy (non-hydrogen) atoms. The zero-order valence-electron chi connectivity index (χ0n) is 13.3. The first-order chi connectivity index (χ1) is 10.2. The number of hydrogen-bond acceptors (Lipinski definition) is 2. The van der Waals surface area contributed by atoms with Crippen LogP contribution < -0.4 is 0 Å². The molecule has 120 valence electrons. The van der Waals surface area contributed by atoms with Crippen LogP contribution in [-0.2, 0) is 4.79 Å². The molecule has 0 saturated carbocycles. The second-order valence-corrected chi connectivity index (χ2v) is 5.40. The molecular formula is C18H30O3. The van der Waals surface area contributed by atoms with Crippen LogP contribution in [0, 0.1) is 11.8 Å². The first-order valence-corrected chi connectivity index (χ1v) is 8.21. The van der Waals surface area contributed by atoms with Crippen molar-refractivity contribution in [2.24, 2.45) is 0 Å². The Morgan fingerprint density at radius 1 is 1.10 bits per heavy atom. The zero-order valence-corrected chi connectivity index (χ0v) is 13.3. The van der Waals surface area contributed by atoms with E-state index in [2.05, 4.69) is 18.8 Å². The van der Waals surface area contributed by atoms with Crippen molar-refractivity contribution in [1.29, 1.82) is 0 Å². The van der Waals surface area contributed by atoms with Crippen molar-refractivity contribution < 1.29 is 15.0 Å². The monoisotopic (exact) mass is 294 g/mol. The number of hydrogen-bond donors (Lipinski definition) is 2. The van der Waals surface area contributed by atoms with Gasteiger partial charge in [-0.05, 0) is 31.4 Å². The number of carbonyl (C=O) groups is 1. The minimum absolute atomic E-state index is 0.266. The summed E-state index contributed by atoms with van der Waals surface area (Å²) in [5.41, 5.74) is 0. The van der Waals surface area contributed by atoms with Gasteiger partial charge in [-0.1, -0.05) is 57.3 Å². The van der Waals surface area contributed by atoms with E-state index in [-0.39, 0.29) is 6.42 Å². The van der Waals surface area contributed by atoms with Gasteiger partial charge in [-0.3, -0.25) is 4.79 Å². The summed E-state index contributed by atoms with van der Waals surface area (Å²) in [6.45, 7) is 2.18. The van der Waals surface area contributed by atoms with E-state index in [1.165, 1.54) is 12.8 Å². The van der Waals surface area contributed by atoms with Crippen LogP contribution in [0.5, 0.6) is 0 Å². The molecule has 0 aromatic heterocycles. The summed E-state index contributed by atoms with van der Waals surface area (Å²) in [7, 11) is 0. The van der Waals surface area contributed by atoms with E-state index >= 15 is 0 Å². The number of carboxylic acids is 1. The predicted octanol–water partition coefficient (Wildman–Crippen LogP) is 4.30. The van der Waals surface area contributed by atoms with Crippen LogP contribution in [0.4, 0.5) is 0 Å². The number of rotatable bonds is 12. The molecule has 0 heterocycles. The number of carboxylic acid groups (broad SMARTS) is 1. The number of aliphatic hydroxyl groups excluding tert-OH is 1. The molecule has 3 heteroatoms. The molecule has 0 saturated heterocycles. The lowest BCUT2D eigenvalue weighted by molar-refractivity contribution is -0.137. The molecule has 1 atom stereocenters. The lowest BCUT2D eigenvalue weighted by Crippen LogP contribution is -2.01. The Hall–Kier alpha value is -1.27. The maximum Gasteiger partial charge on any atom is 0.303 e. The van der Waals surface area contributed by atoms with Crippen molar-refractivity contribution in [3.8, 4) is 11.8 Å². The van der Waals surface area contributed by atoms with E-state index in [9.17, 15) is 9.90 Å². The molecular weight excluding hydrogens is 264 g/mol. The largest absolute Gasteiger partial charge is 0.481 e. The quantitative estimate of drug-likeness (QED) is 0.417. The molecule has 0 unspecified atom stereocenters. The highest BCUT2D eigenvalue weighted by Crippen LogP contribution is 2.09. The first kappa shape index (κ1) is 19.7. The third-order valence-electron chi connectivity index (χ3n) is 3.30. The highest BCUT2D eigenvalue weighted by Gasteiger charge is 1.99. The number of allylic oxidation sites excluding steroid dienone is 1. The molecule has 0 spiro atoms. The van der Waals surface area contributed by atoms with Gasteiger partial charge in [-0.2, -0.15) is 0 Å². The van der Waals surface area contributed by atoms with Gasteiger partial charge in [0, 0.05) is 12.8 Å². The topological polar surface area (TPSA) is 57.5 Å². The van der Waals surface area contributed by atoms with Gasteiger partial charge >= 0.3 is 5.97 Å². The number of aliphatic hydroxyl groups is 1. The van der Waals surface area contributed by atoms with Gasteiger partial charge in [0.15, 0.2) is 0 Å². The summed E-state index contributed by atoms with van der Waals surface area (Å²) in [6.07, 6.45) is 13.4. The Kier molecular flexibility index (Phi) is 14.2. The highest BCUT2D eigenvalue weighted by atomic mass is 16.4. The summed E-state index contributed by atoms with van der Waals surface area (Å²) in [5.74, 6) is 5.32. The lowest BCUT2D eigenvalue weighted by atomic mass is 10.1. The van der Waals surface area contributed by atoms with Crippen LogP contribution in [0.3, 0.4) is 0 Å². The third kappa shape index (κ3) is 16.7. The van der Waals surface area contributed by atoms with E-state index in [1.54, 1.807) is 12.2 Å². The van der Waals surface area contributed by atoms with E-state index in [4.69, 9.17) is 5.11 Å². The van der Waals surface area contributed by atoms with Crippen LogP contribution in [0.15, 0.2) is 12.2 Å². The Bertz CT molecular complexity index is 336. The number of aliphatic carboxylic acids is 1. The Morgan fingerprint density at radius 3 is 2.52 bits per heavy atom. The van der Waals surface area contributed by atoms with Crippen LogP contribution in [0.2, 0.25) is 0 Å². The molecule has 0 aliphatic heterocycles. The van der Waals surface area contributed by atoms with Gasteiger partial charge < -0.3 is 10.2 Å². The molecule has 0 aromatic rings. The third-order valence-corrected chi connectivity index (χ3v) is 3.30. The van der Waals surface area contributed by atoms with E-state index in [1.807, 2.05) is 0 Å². The van der Waals surface area contributed by atoms with Gasteiger partial charge in [0.1, 0.15) is 0 Å². The van der Waals surface area contributed by atoms with E-state index in [0.29, 0.717) is 0 Å². The maximum absolute atomic E-state index is 10.3. The van der Waals surface area contributed by atoms with Crippen LogP contribution in [0.25, 0.3) is 0 Å². The average molecular weight is 294 g/mol. The van der Waals surface area contributed by atoms with Crippen molar-refractivity contribution in [3.63, 3.8) is 0 Å². The molecule has 0 radical (unpaired) electrons.